The molecule has 1 spiro atoms. The van der Waals surface area contributed by atoms with E-state index in [4.69, 9.17) is 18.9 Å². The normalized spacial score (nSPS) is 37.7. The molecular weight excluding hydrogens is 426 g/mol. The van der Waals surface area contributed by atoms with Crippen LogP contribution in [0.3, 0.4) is 0 Å². The van der Waals surface area contributed by atoms with Gasteiger partial charge in [-0.2, -0.15) is 0 Å². The van der Waals surface area contributed by atoms with E-state index < -0.39 is 40.9 Å². The molecule has 2 bridgehead atoms. The van der Waals surface area contributed by atoms with Gasteiger partial charge in [-0.1, -0.05) is 12.1 Å². The fraction of sp³-hybridized carbons (Fsp3) is 0.600. The Morgan fingerprint density at radius 2 is 2.12 bits per heavy atom. The van der Waals surface area contributed by atoms with Gasteiger partial charge in [0.25, 0.3) is 0 Å². The number of carbonyl (C=O) groups excluding carboxylic acids is 2. The summed E-state index contributed by atoms with van der Waals surface area (Å²) in [6, 6.07) is 4.15. The van der Waals surface area contributed by atoms with Gasteiger partial charge in [0.1, 0.15) is 11.5 Å². The first kappa shape index (κ1) is 21.1. The second-order valence-corrected chi connectivity index (χ2v) is 10.5. The smallest absolute Gasteiger partial charge is 0.338 e. The zero-order chi connectivity index (χ0) is 23.3. The van der Waals surface area contributed by atoms with Crippen LogP contribution in [-0.4, -0.2) is 65.2 Å². The van der Waals surface area contributed by atoms with Gasteiger partial charge in [0.2, 0.25) is 5.79 Å². The van der Waals surface area contributed by atoms with Gasteiger partial charge in [0.05, 0.1) is 17.4 Å². The van der Waals surface area contributed by atoms with Crippen LogP contribution in [0.1, 0.15) is 49.8 Å². The second-order valence-electron chi connectivity index (χ2n) is 10.5. The third-order valence-electron chi connectivity index (χ3n) is 8.19. The molecule has 8 heteroatoms. The number of likely N-dealkylation sites (N-methyl/N-ethyl adjacent to an activating group) is 1. The molecule has 2 fully saturated rings. The number of cyclic esters (lactones) is 1. The maximum absolute atomic E-state index is 12.8. The first-order valence-corrected chi connectivity index (χ1v) is 11.6. The van der Waals surface area contributed by atoms with E-state index >= 15 is 0 Å². The Balaban J connectivity index is 1.35. The minimum atomic E-state index is -1.06. The molecule has 8 nitrogen and oxygen atoms in total. The van der Waals surface area contributed by atoms with Crippen LogP contribution in [0.5, 0.6) is 5.75 Å². The number of rotatable bonds is 3. The van der Waals surface area contributed by atoms with Gasteiger partial charge in [-0.25, -0.2) is 4.79 Å². The summed E-state index contributed by atoms with van der Waals surface area (Å²) < 4.78 is 23.0. The molecule has 0 amide bonds. The first-order chi connectivity index (χ1) is 15.6. The fourth-order valence-corrected chi connectivity index (χ4v) is 6.76. The van der Waals surface area contributed by atoms with Gasteiger partial charge in [-0.15, -0.1) is 0 Å². The highest BCUT2D eigenvalue weighted by Gasteiger charge is 2.71. The maximum Gasteiger partial charge on any atom is 0.338 e. The van der Waals surface area contributed by atoms with Crippen LogP contribution in [0.25, 0.3) is 0 Å². The molecule has 33 heavy (non-hydrogen) atoms. The Morgan fingerprint density at radius 3 is 2.85 bits per heavy atom. The summed E-state index contributed by atoms with van der Waals surface area (Å²) in [7, 11) is 2.06. The van der Waals surface area contributed by atoms with E-state index in [9.17, 15) is 14.7 Å². The molecule has 176 valence electrons. The Morgan fingerprint density at radius 1 is 1.33 bits per heavy atom. The van der Waals surface area contributed by atoms with E-state index in [-0.39, 0.29) is 12.5 Å². The quantitative estimate of drug-likeness (QED) is 0.691. The van der Waals surface area contributed by atoms with E-state index in [1.807, 2.05) is 6.92 Å². The van der Waals surface area contributed by atoms with E-state index in [0.717, 1.165) is 29.8 Å². The number of hydrogen-bond acceptors (Lipinski definition) is 8. The summed E-state index contributed by atoms with van der Waals surface area (Å²) in [4.78, 5) is 27.1. The van der Waals surface area contributed by atoms with E-state index in [1.165, 1.54) is 5.56 Å². The predicted octanol–water partition coefficient (Wildman–Crippen LogP) is 1.88. The second kappa shape index (κ2) is 6.58. The highest BCUT2D eigenvalue weighted by atomic mass is 16.8. The summed E-state index contributed by atoms with van der Waals surface area (Å²) in [6.07, 6.45) is 1.78. The van der Waals surface area contributed by atoms with Gasteiger partial charge in [0, 0.05) is 31.9 Å². The van der Waals surface area contributed by atoms with Crippen molar-refractivity contribution in [1.29, 1.82) is 0 Å². The number of hydrogen-bond donors (Lipinski definition) is 1. The number of likely N-dealkylation sites (tertiary alicyclic amines) is 1. The summed E-state index contributed by atoms with van der Waals surface area (Å²) in [5.74, 6) is -1.01. The molecule has 1 aromatic rings. The van der Waals surface area contributed by atoms with E-state index in [0.29, 0.717) is 18.6 Å². The lowest BCUT2D eigenvalue weighted by Crippen LogP contribution is -2.74. The van der Waals surface area contributed by atoms with Crippen LogP contribution in [0.4, 0.5) is 0 Å². The van der Waals surface area contributed by atoms with Crippen LogP contribution in [-0.2, 0) is 35.6 Å². The van der Waals surface area contributed by atoms with Gasteiger partial charge in [-0.3, -0.25) is 4.79 Å². The number of piperidine rings is 1. The molecule has 0 radical (unpaired) electrons. The van der Waals surface area contributed by atoms with Crippen LogP contribution >= 0.6 is 0 Å². The average Bonchev–Trinajstić information content (AvgIpc) is 3.21. The average molecular weight is 456 g/mol. The maximum atomic E-state index is 12.8. The monoisotopic (exact) mass is 455 g/mol. The molecule has 5 aliphatic rings. The molecule has 6 rings (SSSR count). The van der Waals surface area contributed by atoms with Crippen LogP contribution in [0.15, 0.2) is 24.0 Å². The summed E-state index contributed by atoms with van der Waals surface area (Å²) in [5.41, 5.74) is 1.58. The number of nitrogens with zero attached hydrogens (tertiary/aromatic N) is 1. The minimum absolute atomic E-state index is 0.0455. The van der Waals surface area contributed by atoms with Crippen molar-refractivity contribution >= 4 is 11.9 Å². The largest absolute Gasteiger partial charge is 0.481 e. The lowest BCUT2D eigenvalue weighted by Gasteiger charge is -2.61. The number of ether oxygens (including phenoxy) is 4. The van der Waals surface area contributed by atoms with Gasteiger partial charge in [0.15, 0.2) is 12.2 Å². The van der Waals surface area contributed by atoms with Crippen molar-refractivity contribution in [1.82, 2.24) is 4.90 Å². The molecule has 2 saturated heterocycles. The van der Waals surface area contributed by atoms with Gasteiger partial charge in [-0.05, 0) is 50.6 Å². The molecule has 0 saturated carbocycles. The van der Waals surface area contributed by atoms with Crippen molar-refractivity contribution in [2.75, 3.05) is 13.6 Å². The third-order valence-corrected chi connectivity index (χ3v) is 8.19. The third kappa shape index (κ3) is 2.68. The highest BCUT2D eigenvalue weighted by molar-refractivity contribution is 5.83. The van der Waals surface area contributed by atoms with Crippen molar-refractivity contribution < 1.29 is 33.6 Å². The van der Waals surface area contributed by atoms with Crippen molar-refractivity contribution in [2.45, 2.75) is 81.5 Å². The summed E-state index contributed by atoms with van der Waals surface area (Å²) in [5, 5.41) is 12.2. The van der Waals surface area contributed by atoms with E-state index in [2.05, 4.69) is 24.1 Å². The molecule has 1 N–H and O–H groups in total. The Kier molecular flexibility index (Phi) is 4.22. The zero-order valence-electron chi connectivity index (χ0n) is 19.3. The number of benzene rings is 1. The number of esters is 2. The summed E-state index contributed by atoms with van der Waals surface area (Å²) >= 11 is 0. The standard InChI is InChI=1S/C25H29NO7/c1-13-5-6-14-11-17-25(29)8-7-15(30-18(27)12-16-22(28)33-23(2,3)32-16)21-24(25,9-10-26(17)4)19(14)20(13)31-21/h5-7,16-17,21,29H,8-12H2,1-4H3/t16-,17-,21+,24+,25-/m1/s1. The molecule has 3 heterocycles. The molecule has 1 aromatic carbocycles. The van der Waals surface area contributed by atoms with Crippen molar-refractivity contribution in [2.24, 2.45) is 0 Å². The number of carbonyl (C=O) groups is 2. The molecule has 0 aromatic heterocycles. The molecular formula is C25H29NO7. The topological polar surface area (TPSA) is 94.5 Å². The van der Waals surface area contributed by atoms with Crippen LogP contribution < -0.4 is 4.74 Å². The Hall–Kier alpha value is -2.42. The van der Waals surface area contributed by atoms with Gasteiger partial charge < -0.3 is 29.0 Å². The van der Waals surface area contributed by atoms with Crippen LogP contribution in [0, 0.1) is 6.92 Å². The zero-order valence-corrected chi connectivity index (χ0v) is 19.3. The number of aryl methyl sites for hydroxylation is 1. The first-order valence-electron chi connectivity index (χ1n) is 11.6. The van der Waals surface area contributed by atoms with E-state index in [1.54, 1.807) is 19.9 Å². The molecule has 5 atom stereocenters. The molecule has 2 aliphatic carbocycles. The molecule has 3 aliphatic heterocycles. The SMILES string of the molecule is Cc1ccc2c3c1O[C@H]1C(OC(=O)C[C@H]4OC(C)(C)OC4=O)=CC[C@@]4(O)[C@@H](C2)N(C)CC[C@]314. The number of aliphatic hydroxyl groups is 1. The van der Waals surface area contributed by atoms with Crippen molar-refractivity contribution in [3.8, 4) is 5.75 Å². The van der Waals surface area contributed by atoms with Crippen LogP contribution in [0.2, 0.25) is 0 Å². The lowest BCUT2D eigenvalue weighted by atomic mass is 9.50. The fourth-order valence-electron chi connectivity index (χ4n) is 6.76. The summed E-state index contributed by atoms with van der Waals surface area (Å²) in [6.45, 7) is 6.08. The Bertz CT molecular complexity index is 1110. The lowest BCUT2D eigenvalue weighted by molar-refractivity contribution is -0.171. The van der Waals surface area contributed by atoms with Gasteiger partial charge >= 0.3 is 11.9 Å². The Labute approximate surface area is 192 Å². The minimum Gasteiger partial charge on any atom is -0.481 e. The highest BCUT2D eigenvalue weighted by Crippen LogP contribution is 2.64. The van der Waals surface area contributed by atoms with Crippen molar-refractivity contribution in [3.63, 3.8) is 0 Å². The predicted molar refractivity (Wildman–Crippen MR) is 115 cm³/mol. The van der Waals surface area contributed by atoms with Crippen molar-refractivity contribution in [3.05, 3.63) is 40.7 Å². The molecule has 0 unspecified atom stereocenters.